The Balaban J connectivity index is 2.86. The molecule has 90 valence electrons. The highest BCUT2D eigenvalue weighted by Crippen LogP contribution is 2.24. The maximum absolute atomic E-state index is 6.12. The Morgan fingerprint density at radius 2 is 2.12 bits per heavy atom. The summed E-state index contributed by atoms with van der Waals surface area (Å²) in [5.41, 5.74) is 2.36. The zero-order valence-corrected chi connectivity index (χ0v) is 11.0. The van der Waals surface area contributed by atoms with Crippen LogP contribution in [0, 0.1) is 6.92 Å². The minimum atomic E-state index is 0.226. The quantitative estimate of drug-likeness (QED) is 0.825. The second-order valence-corrected chi connectivity index (χ2v) is 4.13. The van der Waals surface area contributed by atoms with Crippen LogP contribution >= 0.6 is 11.6 Å². The number of benzene rings is 1. The van der Waals surface area contributed by atoms with Gasteiger partial charge in [0, 0.05) is 11.6 Å². The molecule has 0 spiro atoms. The first-order chi connectivity index (χ1) is 7.70. The van der Waals surface area contributed by atoms with E-state index in [0.29, 0.717) is 6.61 Å². The van der Waals surface area contributed by atoms with Crippen molar-refractivity contribution < 1.29 is 4.74 Å². The van der Waals surface area contributed by atoms with Crippen molar-refractivity contribution in [1.82, 2.24) is 5.32 Å². The summed E-state index contributed by atoms with van der Waals surface area (Å²) in [6, 6.07) is 6.24. The van der Waals surface area contributed by atoms with Crippen molar-refractivity contribution in [3.8, 4) is 0 Å². The lowest BCUT2D eigenvalue weighted by Crippen LogP contribution is -2.26. The molecule has 1 unspecified atom stereocenters. The number of nitrogens with one attached hydrogen (secondary N) is 1. The smallest absolute Gasteiger partial charge is 0.0661 e. The number of ether oxygens (including phenoxy) is 1. The fraction of sp³-hybridized carbons (Fsp3) is 0.538. The van der Waals surface area contributed by atoms with Crippen LogP contribution in [-0.4, -0.2) is 19.8 Å². The maximum Gasteiger partial charge on any atom is 0.0661 e. The standard InChI is InChI=1S/C13H20ClNO/c1-4-15-13(9-16-5-2)11-7-6-8-12(14)10(11)3/h6-8,13,15H,4-5,9H2,1-3H3. The summed E-state index contributed by atoms with van der Waals surface area (Å²) >= 11 is 6.12. The monoisotopic (exact) mass is 241 g/mol. The van der Waals surface area contributed by atoms with Crippen LogP contribution in [0.4, 0.5) is 0 Å². The van der Waals surface area contributed by atoms with Crippen LogP contribution in [0.5, 0.6) is 0 Å². The van der Waals surface area contributed by atoms with Gasteiger partial charge in [0.05, 0.1) is 12.6 Å². The van der Waals surface area contributed by atoms with E-state index in [2.05, 4.69) is 18.3 Å². The summed E-state index contributed by atoms with van der Waals surface area (Å²) in [7, 11) is 0. The van der Waals surface area contributed by atoms with Gasteiger partial charge in [0.2, 0.25) is 0 Å². The highest BCUT2D eigenvalue weighted by molar-refractivity contribution is 6.31. The van der Waals surface area contributed by atoms with Crippen molar-refractivity contribution in [2.24, 2.45) is 0 Å². The molecule has 0 heterocycles. The largest absolute Gasteiger partial charge is 0.380 e. The Morgan fingerprint density at radius 3 is 2.75 bits per heavy atom. The molecule has 0 saturated heterocycles. The molecule has 0 aromatic heterocycles. The Hall–Kier alpha value is -0.570. The van der Waals surface area contributed by atoms with Gasteiger partial charge < -0.3 is 10.1 Å². The number of rotatable bonds is 6. The van der Waals surface area contributed by atoms with Gasteiger partial charge in [-0.25, -0.2) is 0 Å². The molecule has 1 atom stereocenters. The third kappa shape index (κ3) is 3.48. The lowest BCUT2D eigenvalue weighted by molar-refractivity contribution is 0.123. The summed E-state index contributed by atoms with van der Waals surface area (Å²) in [4.78, 5) is 0. The normalized spacial score (nSPS) is 12.8. The molecule has 0 aliphatic carbocycles. The Kier molecular flexibility index (Phi) is 5.81. The van der Waals surface area contributed by atoms with Crippen molar-refractivity contribution >= 4 is 11.6 Å². The second-order valence-electron chi connectivity index (χ2n) is 3.72. The SMILES string of the molecule is CCNC(COCC)c1cccc(Cl)c1C. The molecule has 1 aromatic rings. The molecule has 2 nitrogen and oxygen atoms in total. The molecule has 1 N–H and O–H groups in total. The minimum Gasteiger partial charge on any atom is -0.380 e. The number of halogens is 1. The summed E-state index contributed by atoms with van der Waals surface area (Å²) in [5, 5.41) is 4.23. The van der Waals surface area contributed by atoms with Gasteiger partial charge >= 0.3 is 0 Å². The van der Waals surface area contributed by atoms with Crippen LogP contribution < -0.4 is 5.32 Å². The molecule has 0 bridgehead atoms. The van der Waals surface area contributed by atoms with Crippen LogP contribution in [0.3, 0.4) is 0 Å². The molecule has 0 radical (unpaired) electrons. The van der Waals surface area contributed by atoms with Crippen molar-refractivity contribution in [2.75, 3.05) is 19.8 Å². The van der Waals surface area contributed by atoms with E-state index in [4.69, 9.17) is 16.3 Å². The first-order valence-electron chi connectivity index (χ1n) is 5.76. The highest BCUT2D eigenvalue weighted by atomic mass is 35.5. The topological polar surface area (TPSA) is 21.3 Å². The molecule has 0 aliphatic heterocycles. The van der Waals surface area contributed by atoms with E-state index in [1.54, 1.807) is 0 Å². The average Bonchev–Trinajstić information content (AvgIpc) is 2.28. The highest BCUT2D eigenvalue weighted by Gasteiger charge is 2.13. The Bertz CT molecular complexity index is 328. The molecule has 1 aromatic carbocycles. The van der Waals surface area contributed by atoms with Crippen LogP contribution in [-0.2, 0) is 4.74 Å². The zero-order chi connectivity index (χ0) is 12.0. The van der Waals surface area contributed by atoms with E-state index in [1.807, 2.05) is 26.0 Å². The van der Waals surface area contributed by atoms with Crippen LogP contribution in [0.2, 0.25) is 5.02 Å². The minimum absolute atomic E-state index is 0.226. The lowest BCUT2D eigenvalue weighted by atomic mass is 10.0. The van der Waals surface area contributed by atoms with Crippen LogP contribution in [0.15, 0.2) is 18.2 Å². The maximum atomic E-state index is 6.12. The fourth-order valence-corrected chi connectivity index (χ4v) is 1.92. The number of hydrogen-bond acceptors (Lipinski definition) is 2. The van der Waals surface area contributed by atoms with Gasteiger partial charge in [0.15, 0.2) is 0 Å². The third-order valence-electron chi connectivity index (χ3n) is 2.62. The van der Waals surface area contributed by atoms with Crippen molar-refractivity contribution in [3.63, 3.8) is 0 Å². The summed E-state index contributed by atoms with van der Waals surface area (Å²) in [6.45, 7) is 8.50. The van der Waals surface area contributed by atoms with Gasteiger partial charge in [0.1, 0.15) is 0 Å². The second kappa shape index (κ2) is 6.89. The van der Waals surface area contributed by atoms with Gasteiger partial charge in [-0.3, -0.25) is 0 Å². The Morgan fingerprint density at radius 1 is 1.38 bits per heavy atom. The fourth-order valence-electron chi connectivity index (χ4n) is 1.74. The van der Waals surface area contributed by atoms with Gasteiger partial charge in [-0.2, -0.15) is 0 Å². The van der Waals surface area contributed by atoms with Crippen LogP contribution in [0.25, 0.3) is 0 Å². The van der Waals surface area contributed by atoms with E-state index in [0.717, 1.165) is 23.7 Å². The summed E-state index contributed by atoms with van der Waals surface area (Å²) in [5.74, 6) is 0. The molecule has 0 saturated carbocycles. The Labute approximate surface area is 103 Å². The third-order valence-corrected chi connectivity index (χ3v) is 3.03. The molecule has 3 heteroatoms. The average molecular weight is 242 g/mol. The predicted molar refractivity (Wildman–Crippen MR) is 69.1 cm³/mol. The number of hydrogen-bond donors (Lipinski definition) is 1. The molecule has 0 aliphatic rings. The van der Waals surface area contributed by atoms with E-state index >= 15 is 0 Å². The molecule has 0 fully saturated rings. The van der Waals surface area contributed by atoms with E-state index in [9.17, 15) is 0 Å². The summed E-state index contributed by atoms with van der Waals surface area (Å²) in [6.07, 6.45) is 0. The molecular formula is C13H20ClNO. The molecule has 0 amide bonds. The zero-order valence-electron chi connectivity index (χ0n) is 10.2. The van der Waals surface area contributed by atoms with Crippen molar-refractivity contribution in [2.45, 2.75) is 26.8 Å². The van der Waals surface area contributed by atoms with E-state index < -0.39 is 0 Å². The first kappa shape index (κ1) is 13.5. The van der Waals surface area contributed by atoms with Gasteiger partial charge in [-0.15, -0.1) is 0 Å². The van der Waals surface area contributed by atoms with Crippen LogP contribution in [0.1, 0.15) is 31.0 Å². The predicted octanol–water partition coefficient (Wildman–Crippen LogP) is 3.34. The van der Waals surface area contributed by atoms with Crippen molar-refractivity contribution in [3.05, 3.63) is 34.3 Å². The van der Waals surface area contributed by atoms with Gasteiger partial charge in [-0.05, 0) is 37.6 Å². The molecule has 1 rings (SSSR count). The van der Waals surface area contributed by atoms with Crippen molar-refractivity contribution in [1.29, 1.82) is 0 Å². The molecular weight excluding hydrogens is 222 g/mol. The lowest BCUT2D eigenvalue weighted by Gasteiger charge is -2.20. The van der Waals surface area contributed by atoms with Gasteiger partial charge in [0.25, 0.3) is 0 Å². The first-order valence-corrected chi connectivity index (χ1v) is 6.14. The summed E-state index contributed by atoms with van der Waals surface area (Å²) < 4.78 is 5.49. The van der Waals surface area contributed by atoms with E-state index in [1.165, 1.54) is 5.56 Å². The molecule has 16 heavy (non-hydrogen) atoms. The van der Waals surface area contributed by atoms with Gasteiger partial charge in [-0.1, -0.05) is 30.7 Å². The number of likely N-dealkylation sites (N-methyl/N-ethyl adjacent to an activating group) is 1. The van der Waals surface area contributed by atoms with E-state index in [-0.39, 0.29) is 6.04 Å².